The van der Waals surface area contributed by atoms with Crippen molar-refractivity contribution in [3.63, 3.8) is 0 Å². The average molecular weight is 216 g/mol. The molecule has 0 amide bonds. The van der Waals surface area contributed by atoms with E-state index in [4.69, 9.17) is 11.2 Å². The summed E-state index contributed by atoms with van der Waals surface area (Å²) in [6.45, 7) is 5.73. The quantitative estimate of drug-likeness (QED) is 0.661. The summed E-state index contributed by atoms with van der Waals surface area (Å²) in [6, 6.07) is 10.2. The molecule has 0 heterocycles. The first-order valence-corrected chi connectivity index (χ1v) is 5.80. The van der Waals surface area contributed by atoms with Gasteiger partial charge in [0.1, 0.15) is 0 Å². The van der Waals surface area contributed by atoms with Gasteiger partial charge >= 0.3 is 0 Å². The fraction of sp³-hybridized carbons (Fsp3) is 0.467. The summed E-state index contributed by atoms with van der Waals surface area (Å²) < 4.78 is 5.66. The molecule has 1 nitrogen and oxygen atoms in total. The predicted molar refractivity (Wildman–Crippen MR) is 67.9 cm³/mol. The molecule has 0 aliphatic heterocycles. The molecule has 2 atom stereocenters. The number of hydrogen-bond donors (Lipinski definition) is 0. The minimum Gasteiger partial charge on any atom is -0.376 e. The molecule has 0 saturated carbocycles. The van der Waals surface area contributed by atoms with Crippen molar-refractivity contribution < 1.29 is 4.74 Å². The maximum absolute atomic E-state index is 5.66. The molecule has 16 heavy (non-hydrogen) atoms. The third-order valence-corrected chi connectivity index (χ3v) is 2.55. The Labute approximate surface area is 98.8 Å². The van der Waals surface area contributed by atoms with Gasteiger partial charge in [-0.05, 0) is 17.9 Å². The zero-order valence-electron chi connectivity index (χ0n) is 10.1. The third-order valence-electron chi connectivity index (χ3n) is 2.55. The normalized spacial score (nSPS) is 14.1. The van der Waals surface area contributed by atoms with Crippen molar-refractivity contribution in [1.82, 2.24) is 0 Å². The second-order valence-electron chi connectivity index (χ2n) is 4.41. The lowest BCUT2D eigenvalue weighted by molar-refractivity contribution is 0.0871. The Morgan fingerprint density at radius 2 is 1.94 bits per heavy atom. The Kier molecular flexibility index (Phi) is 5.67. The van der Waals surface area contributed by atoms with E-state index in [2.05, 4.69) is 31.9 Å². The summed E-state index contributed by atoms with van der Waals surface area (Å²) in [6.07, 6.45) is 6.38. The summed E-state index contributed by atoms with van der Waals surface area (Å²) in [7, 11) is 0. The van der Waals surface area contributed by atoms with E-state index in [1.807, 2.05) is 18.2 Å². The van der Waals surface area contributed by atoms with Crippen LogP contribution in [0.15, 0.2) is 30.3 Å². The van der Waals surface area contributed by atoms with Gasteiger partial charge in [0, 0.05) is 12.5 Å². The molecule has 0 unspecified atom stereocenters. The van der Waals surface area contributed by atoms with Crippen molar-refractivity contribution in [2.75, 3.05) is 6.61 Å². The van der Waals surface area contributed by atoms with Crippen molar-refractivity contribution in [2.45, 2.75) is 26.9 Å². The van der Waals surface area contributed by atoms with Crippen LogP contribution in [0.5, 0.6) is 0 Å². The van der Waals surface area contributed by atoms with Gasteiger partial charge in [0.15, 0.2) is 0 Å². The van der Waals surface area contributed by atoms with Crippen LogP contribution < -0.4 is 0 Å². The molecule has 0 aromatic heterocycles. The standard InChI is InChI=1S/C15H20O/c1-4-13(2)10-14(3)11-16-12-15-8-6-5-7-9-15/h1,5-9,13-14H,10-12H2,2-3H3/t13-,14+/m1/s1. The lowest BCUT2D eigenvalue weighted by atomic mass is 9.99. The van der Waals surface area contributed by atoms with Gasteiger partial charge in [0.05, 0.1) is 6.61 Å². The molecule has 86 valence electrons. The van der Waals surface area contributed by atoms with Gasteiger partial charge in [-0.2, -0.15) is 0 Å². The van der Waals surface area contributed by atoms with Crippen molar-refractivity contribution in [3.05, 3.63) is 35.9 Å². The fourth-order valence-electron chi connectivity index (χ4n) is 1.69. The highest BCUT2D eigenvalue weighted by Gasteiger charge is 2.06. The first kappa shape index (κ1) is 12.8. The molecule has 1 aromatic carbocycles. The second-order valence-corrected chi connectivity index (χ2v) is 4.41. The van der Waals surface area contributed by atoms with Gasteiger partial charge in [-0.1, -0.05) is 44.2 Å². The zero-order valence-corrected chi connectivity index (χ0v) is 10.1. The first-order valence-electron chi connectivity index (χ1n) is 5.80. The van der Waals surface area contributed by atoms with Crippen LogP contribution in [0.1, 0.15) is 25.8 Å². The van der Waals surface area contributed by atoms with Crippen LogP contribution in [0.25, 0.3) is 0 Å². The van der Waals surface area contributed by atoms with Gasteiger partial charge < -0.3 is 4.74 Å². The number of benzene rings is 1. The predicted octanol–water partition coefficient (Wildman–Crippen LogP) is 3.50. The van der Waals surface area contributed by atoms with Crippen LogP contribution in [0.2, 0.25) is 0 Å². The number of rotatable bonds is 6. The molecule has 1 rings (SSSR count). The van der Waals surface area contributed by atoms with Gasteiger partial charge in [0.25, 0.3) is 0 Å². The van der Waals surface area contributed by atoms with Crippen LogP contribution in [-0.4, -0.2) is 6.61 Å². The lowest BCUT2D eigenvalue weighted by Gasteiger charge is -2.13. The zero-order chi connectivity index (χ0) is 11.8. The Balaban J connectivity index is 2.19. The van der Waals surface area contributed by atoms with Crippen molar-refractivity contribution >= 4 is 0 Å². The Bertz CT molecular complexity index is 323. The Morgan fingerprint density at radius 1 is 1.25 bits per heavy atom. The van der Waals surface area contributed by atoms with Crippen molar-refractivity contribution in [1.29, 1.82) is 0 Å². The van der Waals surface area contributed by atoms with Crippen LogP contribution in [0.4, 0.5) is 0 Å². The van der Waals surface area contributed by atoms with E-state index in [1.54, 1.807) is 0 Å². The molecule has 0 aliphatic rings. The topological polar surface area (TPSA) is 9.23 Å². The van der Waals surface area contributed by atoms with E-state index in [0.717, 1.165) is 13.0 Å². The molecule has 0 saturated heterocycles. The van der Waals surface area contributed by atoms with Crippen LogP contribution in [0, 0.1) is 24.2 Å². The fourth-order valence-corrected chi connectivity index (χ4v) is 1.69. The van der Waals surface area contributed by atoms with E-state index < -0.39 is 0 Å². The molecular weight excluding hydrogens is 196 g/mol. The molecule has 0 radical (unpaired) electrons. The number of ether oxygens (including phenoxy) is 1. The molecule has 1 heteroatoms. The van der Waals surface area contributed by atoms with Gasteiger partial charge in [-0.25, -0.2) is 0 Å². The summed E-state index contributed by atoms with van der Waals surface area (Å²) in [5.74, 6) is 3.61. The maximum Gasteiger partial charge on any atom is 0.0717 e. The summed E-state index contributed by atoms with van der Waals surface area (Å²) in [5.41, 5.74) is 1.22. The molecular formula is C15H20O. The largest absolute Gasteiger partial charge is 0.376 e. The molecule has 0 fully saturated rings. The van der Waals surface area contributed by atoms with E-state index in [1.165, 1.54) is 5.56 Å². The summed E-state index contributed by atoms with van der Waals surface area (Å²) in [4.78, 5) is 0. The highest BCUT2D eigenvalue weighted by Crippen LogP contribution is 2.12. The maximum atomic E-state index is 5.66. The minimum atomic E-state index is 0.343. The van der Waals surface area contributed by atoms with E-state index in [0.29, 0.717) is 18.4 Å². The smallest absolute Gasteiger partial charge is 0.0717 e. The number of terminal acetylenes is 1. The molecule has 0 aliphatic carbocycles. The second kappa shape index (κ2) is 7.09. The van der Waals surface area contributed by atoms with Gasteiger partial charge in [-0.3, -0.25) is 0 Å². The Morgan fingerprint density at radius 3 is 2.56 bits per heavy atom. The lowest BCUT2D eigenvalue weighted by Crippen LogP contribution is -2.09. The first-order chi connectivity index (χ1) is 7.72. The monoisotopic (exact) mass is 216 g/mol. The van der Waals surface area contributed by atoms with E-state index in [9.17, 15) is 0 Å². The van der Waals surface area contributed by atoms with E-state index >= 15 is 0 Å². The number of hydrogen-bond acceptors (Lipinski definition) is 1. The highest BCUT2D eigenvalue weighted by atomic mass is 16.5. The molecule has 0 N–H and O–H groups in total. The molecule has 0 bridgehead atoms. The third kappa shape index (κ3) is 5.00. The van der Waals surface area contributed by atoms with Crippen LogP contribution >= 0.6 is 0 Å². The molecule has 0 spiro atoms. The minimum absolute atomic E-state index is 0.343. The van der Waals surface area contributed by atoms with Crippen molar-refractivity contribution in [2.24, 2.45) is 11.8 Å². The SMILES string of the molecule is C#C[C@@H](C)C[C@H](C)COCc1ccccc1. The average Bonchev–Trinajstić information content (AvgIpc) is 2.30. The summed E-state index contributed by atoms with van der Waals surface area (Å²) in [5, 5.41) is 0. The summed E-state index contributed by atoms with van der Waals surface area (Å²) >= 11 is 0. The van der Waals surface area contributed by atoms with Gasteiger partial charge in [0.2, 0.25) is 0 Å². The Hall–Kier alpha value is -1.26. The van der Waals surface area contributed by atoms with E-state index in [-0.39, 0.29) is 0 Å². The van der Waals surface area contributed by atoms with Crippen molar-refractivity contribution in [3.8, 4) is 12.3 Å². The highest BCUT2D eigenvalue weighted by molar-refractivity contribution is 5.13. The van der Waals surface area contributed by atoms with Crippen LogP contribution in [0.3, 0.4) is 0 Å². The molecule has 1 aromatic rings. The van der Waals surface area contributed by atoms with Gasteiger partial charge in [-0.15, -0.1) is 12.3 Å². The van der Waals surface area contributed by atoms with Crippen LogP contribution in [-0.2, 0) is 11.3 Å².